The Labute approximate surface area is 318 Å². The van der Waals surface area contributed by atoms with Crippen molar-refractivity contribution >= 4 is 73.8 Å². The summed E-state index contributed by atoms with van der Waals surface area (Å²) in [4.78, 5) is 62.4. The van der Waals surface area contributed by atoms with Gasteiger partial charge in [-0.3, -0.25) is 28.8 Å². The number of carbonyl (C=O) groups is 4. The standard InChI is InChI=1S/C40H35ClN4O6S2/c1-19-25-15-21(41)8-12-31(25)53-35(19)28-17-32(43(3)42-28)45-37(48)27-16-26-23(34(40(27,2)39(45)50)20-7-11-30(51-4)29(46)14-20)9-10-24-33(26)38(49)44(36(24)47)18-22-6-5-13-52-22/h5-9,11-15,17,24,26-27,33-34,46H,10,16,18H2,1-4H3/t24-,26+,27-,33-,34-,40+/m0/s1. The maximum Gasteiger partial charge on any atom is 0.242 e. The zero-order chi connectivity index (χ0) is 37.1. The number of hydrogen-bond donors (Lipinski definition) is 1. The zero-order valence-corrected chi connectivity index (χ0v) is 31.7. The molecule has 9 rings (SSSR count). The molecule has 1 N–H and O–H groups in total. The lowest BCUT2D eigenvalue weighted by Crippen LogP contribution is -2.48. The number of aromatic hydroxyl groups is 1. The molecule has 2 aromatic carbocycles. The maximum atomic E-state index is 15.1. The molecule has 2 saturated heterocycles. The number of imide groups is 2. The second-order valence-electron chi connectivity index (χ2n) is 14.6. The Kier molecular flexibility index (Phi) is 7.78. The van der Waals surface area contributed by atoms with Crippen LogP contribution in [-0.2, 0) is 32.8 Å². The minimum absolute atomic E-state index is 0.0966. The van der Waals surface area contributed by atoms with Crippen LogP contribution in [0, 0.1) is 36.0 Å². The molecule has 10 nitrogen and oxygen atoms in total. The largest absolute Gasteiger partial charge is 0.504 e. The van der Waals surface area contributed by atoms with E-state index in [2.05, 4.69) is 0 Å². The number of phenols is 1. The Morgan fingerprint density at radius 2 is 1.85 bits per heavy atom. The number of nitrogens with zero attached hydrogens (tertiary/aromatic N) is 4. The Bertz CT molecular complexity index is 2430. The summed E-state index contributed by atoms with van der Waals surface area (Å²) in [5.41, 5.74) is 1.85. The van der Waals surface area contributed by atoms with Gasteiger partial charge < -0.3 is 9.84 Å². The predicted molar refractivity (Wildman–Crippen MR) is 203 cm³/mol. The van der Waals surface area contributed by atoms with E-state index in [-0.39, 0.29) is 48.1 Å². The summed E-state index contributed by atoms with van der Waals surface area (Å²) < 4.78 is 7.97. The Morgan fingerprint density at radius 1 is 1.04 bits per heavy atom. The summed E-state index contributed by atoms with van der Waals surface area (Å²) >= 11 is 9.38. The number of rotatable bonds is 6. The lowest BCUT2D eigenvalue weighted by molar-refractivity contribution is -0.141. The summed E-state index contributed by atoms with van der Waals surface area (Å²) in [5, 5.41) is 19.4. The van der Waals surface area contributed by atoms with Crippen LogP contribution in [0.15, 0.2) is 71.6 Å². The third kappa shape index (κ3) is 4.84. The fourth-order valence-electron chi connectivity index (χ4n) is 9.50. The van der Waals surface area contributed by atoms with Gasteiger partial charge in [-0.25, -0.2) is 4.90 Å². The summed E-state index contributed by atoms with van der Waals surface area (Å²) in [5.74, 6) is -3.81. The minimum Gasteiger partial charge on any atom is -0.504 e. The number of thiophene rings is 2. The van der Waals surface area contributed by atoms with Crippen molar-refractivity contribution in [2.75, 3.05) is 12.0 Å². The highest BCUT2D eigenvalue weighted by Gasteiger charge is 2.68. The molecule has 0 radical (unpaired) electrons. The van der Waals surface area contributed by atoms with Crippen molar-refractivity contribution in [2.24, 2.45) is 36.1 Å². The van der Waals surface area contributed by atoms with Gasteiger partial charge in [-0.05, 0) is 90.9 Å². The van der Waals surface area contributed by atoms with Gasteiger partial charge in [0.05, 0.1) is 41.7 Å². The monoisotopic (exact) mass is 766 g/mol. The molecule has 53 heavy (non-hydrogen) atoms. The van der Waals surface area contributed by atoms with E-state index in [9.17, 15) is 19.5 Å². The van der Waals surface area contributed by atoms with Crippen molar-refractivity contribution in [1.29, 1.82) is 0 Å². The van der Waals surface area contributed by atoms with E-state index in [4.69, 9.17) is 21.4 Å². The van der Waals surface area contributed by atoms with E-state index >= 15 is 4.79 Å². The highest BCUT2D eigenvalue weighted by molar-refractivity contribution is 7.22. The van der Waals surface area contributed by atoms with Crippen LogP contribution in [-0.4, -0.2) is 50.5 Å². The van der Waals surface area contributed by atoms with Crippen molar-refractivity contribution in [3.05, 3.63) is 92.7 Å². The Morgan fingerprint density at radius 3 is 2.58 bits per heavy atom. The van der Waals surface area contributed by atoms with Gasteiger partial charge in [0.1, 0.15) is 11.5 Å². The number of aryl methyl sites for hydroxylation is 2. The number of amides is 4. The van der Waals surface area contributed by atoms with Gasteiger partial charge >= 0.3 is 0 Å². The molecule has 3 fully saturated rings. The summed E-state index contributed by atoms with van der Waals surface area (Å²) in [6.07, 6.45) is 2.59. The second-order valence-corrected chi connectivity index (χ2v) is 17.2. The third-order valence-corrected chi connectivity index (χ3v) is 14.4. The average molecular weight is 767 g/mol. The molecule has 5 aromatic rings. The highest BCUT2D eigenvalue weighted by atomic mass is 35.5. The number of likely N-dealkylation sites (tertiary alicyclic amines) is 1. The van der Waals surface area contributed by atoms with E-state index in [1.807, 2.05) is 61.7 Å². The number of anilines is 1. The number of aromatic nitrogens is 2. The van der Waals surface area contributed by atoms with Crippen LogP contribution < -0.4 is 9.64 Å². The molecule has 2 aliphatic carbocycles. The van der Waals surface area contributed by atoms with E-state index in [1.54, 1.807) is 41.3 Å². The molecule has 2 aliphatic heterocycles. The summed E-state index contributed by atoms with van der Waals surface area (Å²) in [6.45, 7) is 4.05. The fraction of sp³-hybridized carbons (Fsp3) is 0.325. The van der Waals surface area contributed by atoms with Crippen LogP contribution in [0.4, 0.5) is 5.82 Å². The van der Waals surface area contributed by atoms with Crippen molar-refractivity contribution in [3.63, 3.8) is 0 Å². The SMILES string of the molecule is COc1ccc([C@H]2C3=CC[C@@H]4C(=O)N(Cc5cccs5)C(=O)[C@@H]4[C@@H]3C[C@H]3C(=O)N(c4cc(-c5sc6ccc(Cl)cc6c5C)nn4C)C(=O)[C@@]23C)cc1O. The number of fused-ring (bicyclic) bond motifs is 5. The van der Waals surface area contributed by atoms with Gasteiger partial charge in [-0.2, -0.15) is 5.10 Å². The topological polar surface area (TPSA) is 122 Å². The quantitative estimate of drug-likeness (QED) is 0.141. The van der Waals surface area contributed by atoms with Crippen LogP contribution in [0.1, 0.15) is 41.7 Å². The number of methoxy groups -OCH3 is 1. The maximum absolute atomic E-state index is 15.1. The summed E-state index contributed by atoms with van der Waals surface area (Å²) in [6, 6.07) is 16.4. The third-order valence-electron chi connectivity index (χ3n) is 12.0. The smallest absolute Gasteiger partial charge is 0.242 e. The number of hydrogen-bond acceptors (Lipinski definition) is 9. The first-order valence-corrected chi connectivity index (χ1v) is 19.6. The van der Waals surface area contributed by atoms with Crippen LogP contribution in [0.3, 0.4) is 0 Å². The van der Waals surface area contributed by atoms with Gasteiger partial charge in [0.25, 0.3) is 0 Å². The number of carbonyl (C=O) groups excluding carboxylic acids is 4. The average Bonchev–Trinajstić information content (AvgIpc) is 3.94. The van der Waals surface area contributed by atoms with Crippen molar-refractivity contribution in [1.82, 2.24) is 14.7 Å². The molecule has 6 atom stereocenters. The van der Waals surface area contributed by atoms with Gasteiger partial charge in [0.15, 0.2) is 11.5 Å². The first-order valence-electron chi connectivity index (χ1n) is 17.5. The highest BCUT2D eigenvalue weighted by Crippen LogP contribution is 2.64. The van der Waals surface area contributed by atoms with Crippen LogP contribution in [0.5, 0.6) is 11.5 Å². The van der Waals surface area contributed by atoms with E-state index in [0.717, 1.165) is 31.0 Å². The van der Waals surface area contributed by atoms with Gasteiger partial charge in [0.2, 0.25) is 23.6 Å². The predicted octanol–water partition coefficient (Wildman–Crippen LogP) is 7.47. The second kappa shape index (κ2) is 12.1. The molecule has 3 aromatic heterocycles. The molecular weight excluding hydrogens is 732 g/mol. The molecule has 13 heteroatoms. The van der Waals surface area contributed by atoms with E-state index < -0.39 is 35.0 Å². The van der Waals surface area contributed by atoms with Crippen molar-refractivity contribution in [2.45, 2.75) is 39.2 Å². The van der Waals surface area contributed by atoms with Gasteiger partial charge in [-0.1, -0.05) is 35.4 Å². The van der Waals surface area contributed by atoms with Crippen LogP contribution in [0.2, 0.25) is 5.02 Å². The van der Waals surface area contributed by atoms with Crippen LogP contribution >= 0.6 is 34.3 Å². The first kappa shape index (κ1) is 34.0. The number of allylic oxidation sites excluding steroid dienone is 2. The first-order chi connectivity index (χ1) is 25.4. The van der Waals surface area contributed by atoms with E-state index in [0.29, 0.717) is 28.5 Å². The molecule has 0 unspecified atom stereocenters. The van der Waals surface area contributed by atoms with Gasteiger partial charge in [-0.15, -0.1) is 22.7 Å². The van der Waals surface area contributed by atoms with Crippen molar-refractivity contribution in [3.8, 4) is 22.1 Å². The molecule has 0 bridgehead atoms. The number of benzene rings is 2. The number of halogens is 1. The Hall–Kier alpha value is -4.78. The zero-order valence-electron chi connectivity index (χ0n) is 29.3. The van der Waals surface area contributed by atoms with Crippen molar-refractivity contribution < 1.29 is 29.0 Å². The number of ether oxygens (including phenoxy) is 1. The molecule has 0 spiro atoms. The van der Waals surface area contributed by atoms with Crippen LogP contribution in [0.25, 0.3) is 20.7 Å². The van der Waals surface area contributed by atoms with E-state index in [1.165, 1.54) is 28.2 Å². The molecule has 4 aliphatic rings. The number of phenolic OH excluding ortho intramolecular Hbond substituents is 1. The lowest BCUT2D eigenvalue weighted by atomic mass is 9.51. The lowest BCUT2D eigenvalue weighted by Gasteiger charge is -2.49. The normalized spacial score (nSPS) is 26.7. The fourth-order valence-corrected chi connectivity index (χ4v) is 11.5. The molecule has 5 heterocycles. The molecular formula is C40H35ClN4O6S2. The molecule has 4 amide bonds. The van der Waals surface area contributed by atoms with Gasteiger partial charge in [0, 0.05) is 33.6 Å². The molecule has 270 valence electrons. The Balaban J connectivity index is 1.14. The molecule has 1 saturated carbocycles. The summed E-state index contributed by atoms with van der Waals surface area (Å²) in [7, 11) is 3.19. The minimum atomic E-state index is -1.27.